The fourth-order valence-corrected chi connectivity index (χ4v) is 2.09. The Hall–Kier alpha value is -2.15. The van der Waals surface area contributed by atoms with Gasteiger partial charge < -0.3 is 10.1 Å². The number of anilines is 1. The minimum atomic E-state index is -0.475. The number of ether oxygens (including phenoxy) is 1. The van der Waals surface area contributed by atoms with E-state index >= 15 is 0 Å². The Bertz CT molecular complexity index is 650. The normalized spacial score (nSPS) is 10.3. The van der Waals surface area contributed by atoms with Crippen molar-refractivity contribution in [3.05, 3.63) is 47.4 Å². The van der Waals surface area contributed by atoms with Gasteiger partial charge in [-0.25, -0.2) is 19.2 Å². The van der Waals surface area contributed by atoms with Crippen LogP contribution in [0.1, 0.15) is 22.8 Å². The Labute approximate surface area is 132 Å². The average Bonchev–Trinajstić information content (AvgIpc) is 2.54. The molecule has 1 heterocycles. The van der Waals surface area contributed by atoms with Crippen LogP contribution in [0.4, 0.5) is 10.2 Å². The van der Waals surface area contributed by atoms with Gasteiger partial charge in [0.25, 0.3) is 0 Å². The summed E-state index contributed by atoms with van der Waals surface area (Å²) in [5.74, 6) is -0.360. The topological polar surface area (TPSA) is 64.1 Å². The molecule has 0 fully saturated rings. The number of benzene rings is 1. The lowest BCUT2D eigenvalue weighted by Gasteiger charge is -2.11. The minimum absolute atomic E-state index is 0.278. The quantitative estimate of drug-likeness (QED) is 0.501. The molecule has 0 atom stereocenters. The van der Waals surface area contributed by atoms with E-state index in [1.54, 1.807) is 19.1 Å². The third-order valence-corrected chi connectivity index (χ3v) is 3.38. The number of carbonyl (C=O) groups excluding carboxylic acids is 1. The molecule has 0 unspecified atom stereocenters. The number of halogens is 1. The van der Waals surface area contributed by atoms with Crippen LogP contribution in [0.25, 0.3) is 0 Å². The maximum absolute atomic E-state index is 12.9. The van der Waals surface area contributed by atoms with Gasteiger partial charge in [0.05, 0.1) is 6.61 Å². The van der Waals surface area contributed by atoms with Gasteiger partial charge in [-0.05, 0) is 30.9 Å². The molecule has 0 aliphatic carbocycles. The number of rotatable bonds is 6. The van der Waals surface area contributed by atoms with Crippen molar-refractivity contribution in [1.82, 2.24) is 9.97 Å². The number of carbonyl (C=O) groups is 1. The van der Waals surface area contributed by atoms with Crippen molar-refractivity contribution in [2.75, 3.05) is 18.2 Å². The van der Waals surface area contributed by atoms with Crippen molar-refractivity contribution >= 4 is 23.5 Å². The lowest BCUT2D eigenvalue weighted by atomic mass is 10.2. The molecular formula is C15H16FN3O2S. The summed E-state index contributed by atoms with van der Waals surface area (Å²) in [6, 6.07) is 6.11. The summed E-state index contributed by atoms with van der Waals surface area (Å²) >= 11 is 1.38. The van der Waals surface area contributed by atoms with E-state index in [1.807, 2.05) is 6.26 Å². The van der Waals surface area contributed by atoms with E-state index in [-0.39, 0.29) is 18.0 Å². The van der Waals surface area contributed by atoms with Crippen LogP contribution in [-0.2, 0) is 11.3 Å². The first-order valence-corrected chi connectivity index (χ1v) is 7.93. The Kier molecular flexibility index (Phi) is 5.71. The van der Waals surface area contributed by atoms with Gasteiger partial charge in [-0.1, -0.05) is 23.9 Å². The first kappa shape index (κ1) is 16.2. The predicted molar refractivity (Wildman–Crippen MR) is 83.5 cm³/mol. The molecule has 5 nitrogen and oxygen atoms in total. The third-order valence-electron chi connectivity index (χ3n) is 2.82. The summed E-state index contributed by atoms with van der Waals surface area (Å²) in [6.45, 7) is 2.43. The summed E-state index contributed by atoms with van der Waals surface area (Å²) in [6.07, 6.45) is 3.30. The molecule has 1 aromatic heterocycles. The Morgan fingerprint density at radius 3 is 2.73 bits per heavy atom. The lowest BCUT2D eigenvalue weighted by Crippen LogP contribution is -2.12. The van der Waals surface area contributed by atoms with Crippen LogP contribution in [0.15, 0.2) is 35.6 Å². The third kappa shape index (κ3) is 4.17. The molecule has 1 N–H and O–H groups in total. The molecule has 0 spiro atoms. The molecule has 0 saturated carbocycles. The molecular weight excluding hydrogens is 305 g/mol. The molecule has 0 aliphatic heterocycles. The van der Waals surface area contributed by atoms with Crippen molar-refractivity contribution in [3.8, 4) is 0 Å². The Morgan fingerprint density at radius 2 is 2.09 bits per heavy atom. The molecule has 0 amide bonds. The SMILES string of the molecule is CCOC(=O)c1cnc(SC)nc1NCc1ccc(F)cc1. The molecule has 1 aromatic carbocycles. The second kappa shape index (κ2) is 7.74. The van der Waals surface area contributed by atoms with Gasteiger partial charge >= 0.3 is 5.97 Å². The summed E-state index contributed by atoms with van der Waals surface area (Å²) in [5.41, 5.74) is 1.15. The van der Waals surface area contributed by atoms with Crippen LogP contribution in [0.5, 0.6) is 0 Å². The summed E-state index contributed by atoms with van der Waals surface area (Å²) < 4.78 is 17.9. The van der Waals surface area contributed by atoms with Gasteiger partial charge in [0.2, 0.25) is 0 Å². The second-order valence-corrected chi connectivity index (χ2v) is 5.09. The Balaban J connectivity index is 2.19. The predicted octanol–water partition coefficient (Wildman–Crippen LogP) is 3.13. The molecule has 0 saturated heterocycles. The van der Waals surface area contributed by atoms with E-state index in [0.29, 0.717) is 17.5 Å². The zero-order valence-electron chi connectivity index (χ0n) is 12.3. The molecule has 0 aliphatic rings. The molecule has 0 radical (unpaired) electrons. The minimum Gasteiger partial charge on any atom is -0.462 e. The maximum atomic E-state index is 12.9. The van der Waals surface area contributed by atoms with Crippen molar-refractivity contribution in [3.63, 3.8) is 0 Å². The number of hydrogen-bond donors (Lipinski definition) is 1. The van der Waals surface area contributed by atoms with E-state index < -0.39 is 5.97 Å². The standard InChI is InChI=1S/C15H16FN3O2S/c1-3-21-14(20)12-9-18-15(22-2)19-13(12)17-8-10-4-6-11(16)7-5-10/h4-7,9H,3,8H2,1-2H3,(H,17,18,19). The highest BCUT2D eigenvalue weighted by Crippen LogP contribution is 2.18. The average molecular weight is 321 g/mol. The zero-order chi connectivity index (χ0) is 15.9. The van der Waals surface area contributed by atoms with Crippen molar-refractivity contribution < 1.29 is 13.9 Å². The summed E-state index contributed by atoms with van der Waals surface area (Å²) in [5, 5.41) is 3.63. The lowest BCUT2D eigenvalue weighted by molar-refractivity contribution is 0.0526. The highest BCUT2D eigenvalue weighted by atomic mass is 32.2. The molecule has 116 valence electrons. The van der Waals surface area contributed by atoms with E-state index in [9.17, 15) is 9.18 Å². The number of esters is 1. The molecule has 0 bridgehead atoms. The zero-order valence-corrected chi connectivity index (χ0v) is 13.1. The van der Waals surface area contributed by atoms with Crippen LogP contribution in [0.3, 0.4) is 0 Å². The fraction of sp³-hybridized carbons (Fsp3) is 0.267. The van der Waals surface area contributed by atoms with E-state index in [2.05, 4.69) is 15.3 Å². The number of nitrogens with one attached hydrogen (secondary N) is 1. The highest BCUT2D eigenvalue weighted by molar-refractivity contribution is 7.98. The van der Waals surface area contributed by atoms with Gasteiger partial charge in [0, 0.05) is 12.7 Å². The van der Waals surface area contributed by atoms with E-state index in [4.69, 9.17) is 4.74 Å². The van der Waals surface area contributed by atoms with Gasteiger partial charge in [-0.3, -0.25) is 0 Å². The van der Waals surface area contributed by atoms with Gasteiger partial charge in [-0.2, -0.15) is 0 Å². The number of nitrogens with zero attached hydrogens (tertiary/aromatic N) is 2. The molecule has 2 rings (SSSR count). The highest BCUT2D eigenvalue weighted by Gasteiger charge is 2.15. The Morgan fingerprint density at radius 1 is 1.36 bits per heavy atom. The van der Waals surface area contributed by atoms with Crippen molar-refractivity contribution in [1.29, 1.82) is 0 Å². The summed E-state index contributed by atoms with van der Waals surface area (Å²) in [4.78, 5) is 20.3. The van der Waals surface area contributed by atoms with Gasteiger partial charge in [0.1, 0.15) is 17.2 Å². The van der Waals surface area contributed by atoms with Crippen molar-refractivity contribution in [2.24, 2.45) is 0 Å². The molecule has 7 heteroatoms. The van der Waals surface area contributed by atoms with Crippen LogP contribution in [0, 0.1) is 5.82 Å². The number of thioether (sulfide) groups is 1. The second-order valence-electron chi connectivity index (χ2n) is 4.32. The monoisotopic (exact) mass is 321 g/mol. The first-order chi connectivity index (χ1) is 10.6. The van der Waals surface area contributed by atoms with Crippen LogP contribution < -0.4 is 5.32 Å². The maximum Gasteiger partial charge on any atom is 0.343 e. The summed E-state index contributed by atoms with van der Waals surface area (Å²) in [7, 11) is 0. The van der Waals surface area contributed by atoms with Crippen LogP contribution >= 0.6 is 11.8 Å². The molecule has 22 heavy (non-hydrogen) atoms. The fourth-order valence-electron chi connectivity index (χ4n) is 1.75. The van der Waals surface area contributed by atoms with E-state index in [0.717, 1.165) is 5.56 Å². The first-order valence-electron chi connectivity index (χ1n) is 6.70. The van der Waals surface area contributed by atoms with Gasteiger partial charge in [-0.15, -0.1) is 0 Å². The van der Waals surface area contributed by atoms with Gasteiger partial charge in [0.15, 0.2) is 5.16 Å². The van der Waals surface area contributed by atoms with Crippen LogP contribution in [0.2, 0.25) is 0 Å². The number of hydrogen-bond acceptors (Lipinski definition) is 6. The number of aromatic nitrogens is 2. The van der Waals surface area contributed by atoms with Crippen molar-refractivity contribution in [2.45, 2.75) is 18.6 Å². The molecule has 2 aromatic rings. The van der Waals surface area contributed by atoms with Crippen LogP contribution in [-0.4, -0.2) is 28.8 Å². The largest absolute Gasteiger partial charge is 0.462 e. The van der Waals surface area contributed by atoms with E-state index in [1.165, 1.54) is 30.1 Å². The smallest absolute Gasteiger partial charge is 0.343 e.